The largest absolute Gasteiger partial charge is 0.317 e. The molecule has 1 heterocycles. The normalized spacial score (nSPS) is 11.5. The second-order valence-electron chi connectivity index (χ2n) is 6.01. The summed E-state index contributed by atoms with van der Waals surface area (Å²) in [5.41, 5.74) is 3.16. The zero-order valence-electron chi connectivity index (χ0n) is 13.9. The monoisotopic (exact) mass is 338 g/mol. The van der Waals surface area contributed by atoms with Gasteiger partial charge in [-0.05, 0) is 64.9 Å². The highest BCUT2D eigenvalue weighted by Crippen LogP contribution is 2.24. The summed E-state index contributed by atoms with van der Waals surface area (Å²) in [6, 6.07) is 26.5. The molecule has 26 heavy (non-hydrogen) atoms. The lowest BCUT2D eigenvalue weighted by Crippen LogP contribution is -1.95. The molecule has 0 radical (unpaired) electrons. The zero-order chi connectivity index (χ0) is 17.9. The molecule has 0 N–H and O–H groups in total. The predicted molar refractivity (Wildman–Crippen MR) is 103 cm³/mol. The smallest absolute Gasteiger partial charge is 0.123 e. The van der Waals surface area contributed by atoms with Gasteiger partial charge in [-0.1, -0.05) is 36.4 Å². The second kappa shape index (κ2) is 6.70. The van der Waals surface area contributed by atoms with E-state index >= 15 is 0 Å². The lowest BCUT2D eigenvalue weighted by Gasteiger charge is -2.08. The van der Waals surface area contributed by atoms with Gasteiger partial charge in [0.25, 0.3) is 0 Å². The van der Waals surface area contributed by atoms with Crippen LogP contribution in [0.25, 0.3) is 28.1 Å². The Morgan fingerprint density at radius 1 is 0.885 bits per heavy atom. The molecule has 0 bridgehead atoms. The molecule has 0 saturated heterocycles. The second-order valence-corrected chi connectivity index (χ2v) is 6.01. The number of rotatable bonds is 3. The number of hydrogen-bond acceptors (Lipinski definition) is 1. The van der Waals surface area contributed by atoms with Gasteiger partial charge in [-0.25, -0.2) is 4.39 Å². The minimum absolute atomic E-state index is 0.271. The number of nitriles is 1. The third kappa shape index (κ3) is 3.01. The zero-order valence-corrected chi connectivity index (χ0v) is 13.9. The molecule has 0 fully saturated rings. The highest BCUT2D eigenvalue weighted by Gasteiger charge is 2.06. The Balaban J connectivity index is 1.77. The number of nitrogens with zero attached hydrogens (tertiary/aromatic N) is 2. The van der Waals surface area contributed by atoms with E-state index in [2.05, 4.69) is 12.1 Å². The van der Waals surface area contributed by atoms with Crippen molar-refractivity contribution in [2.75, 3.05) is 0 Å². The van der Waals surface area contributed by atoms with E-state index in [1.54, 1.807) is 12.1 Å². The van der Waals surface area contributed by atoms with Crippen LogP contribution in [0, 0.1) is 17.1 Å². The molecule has 0 amide bonds. The number of fused-ring (bicyclic) bond motifs is 1. The molecule has 3 aromatic carbocycles. The highest BCUT2D eigenvalue weighted by molar-refractivity contribution is 5.94. The van der Waals surface area contributed by atoms with Crippen molar-refractivity contribution in [3.8, 4) is 11.8 Å². The van der Waals surface area contributed by atoms with Gasteiger partial charge in [0.2, 0.25) is 0 Å². The van der Waals surface area contributed by atoms with Crippen LogP contribution in [0.4, 0.5) is 4.39 Å². The van der Waals surface area contributed by atoms with E-state index in [4.69, 9.17) is 0 Å². The lowest BCUT2D eigenvalue weighted by atomic mass is 10.0. The van der Waals surface area contributed by atoms with Crippen molar-refractivity contribution in [2.45, 2.75) is 0 Å². The first-order valence-electron chi connectivity index (χ1n) is 8.29. The standard InChI is InChI=1S/C23H15FN2/c24-21-9-11-22(12-10-21)26-13-3-6-23(26)15-20(16-25)19-8-7-17-4-1-2-5-18(17)14-19/h1-15H/b20-15-. The Labute approximate surface area is 151 Å². The Bertz CT molecular complexity index is 1140. The van der Waals surface area contributed by atoms with E-state index in [9.17, 15) is 9.65 Å². The van der Waals surface area contributed by atoms with Gasteiger partial charge in [0.15, 0.2) is 0 Å². The van der Waals surface area contributed by atoms with Crippen molar-refractivity contribution >= 4 is 22.4 Å². The van der Waals surface area contributed by atoms with Crippen molar-refractivity contribution in [2.24, 2.45) is 0 Å². The van der Waals surface area contributed by atoms with Crippen LogP contribution in [0.1, 0.15) is 11.3 Å². The maximum Gasteiger partial charge on any atom is 0.123 e. The van der Waals surface area contributed by atoms with Gasteiger partial charge >= 0.3 is 0 Å². The molecule has 4 rings (SSSR count). The Kier molecular flexibility index (Phi) is 4.09. The Hall–Kier alpha value is -3.64. The molecule has 0 spiro atoms. The topological polar surface area (TPSA) is 28.7 Å². The third-order valence-electron chi connectivity index (χ3n) is 4.36. The van der Waals surface area contributed by atoms with Crippen LogP contribution in [0.3, 0.4) is 0 Å². The fourth-order valence-corrected chi connectivity index (χ4v) is 3.03. The van der Waals surface area contributed by atoms with Crippen LogP contribution in [0.15, 0.2) is 85.1 Å². The molecule has 0 atom stereocenters. The summed E-state index contributed by atoms with van der Waals surface area (Å²) in [5, 5.41) is 11.9. The molecule has 0 aliphatic rings. The first kappa shape index (κ1) is 15.9. The van der Waals surface area contributed by atoms with Crippen LogP contribution in [-0.2, 0) is 0 Å². The molecule has 0 aliphatic heterocycles. The summed E-state index contributed by atoms with van der Waals surface area (Å²) in [4.78, 5) is 0. The predicted octanol–water partition coefficient (Wildman–Crippen LogP) is 5.83. The number of benzene rings is 3. The van der Waals surface area contributed by atoms with E-state index < -0.39 is 0 Å². The van der Waals surface area contributed by atoms with Crippen molar-refractivity contribution in [3.63, 3.8) is 0 Å². The summed E-state index contributed by atoms with van der Waals surface area (Å²) >= 11 is 0. The van der Waals surface area contributed by atoms with E-state index in [1.165, 1.54) is 12.1 Å². The molecule has 2 nitrogen and oxygen atoms in total. The summed E-state index contributed by atoms with van der Waals surface area (Å²) < 4.78 is 15.1. The first-order chi connectivity index (χ1) is 12.7. The fourth-order valence-electron chi connectivity index (χ4n) is 3.03. The molecule has 4 aromatic rings. The van der Waals surface area contributed by atoms with E-state index in [0.29, 0.717) is 5.57 Å². The molecular weight excluding hydrogens is 323 g/mol. The van der Waals surface area contributed by atoms with Gasteiger partial charge in [0.1, 0.15) is 5.82 Å². The van der Waals surface area contributed by atoms with Crippen LogP contribution in [0.2, 0.25) is 0 Å². The Morgan fingerprint density at radius 3 is 2.42 bits per heavy atom. The maximum absolute atomic E-state index is 13.2. The minimum atomic E-state index is -0.271. The summed E-state index contributed by atoms with van der Waals surface area (Å²) in [7, 11) is 0. The molecule has 0 aliphatic carbocycles. The summed E-state index contributed by atoms with van der Waals surface area (Å²) in [5.74, 6) is -0.271. The van der Waals surface area contributed by atoms with Gasteiger partial charge in [0, 0.05) is 17.6 Å². The van der Waals surface area contributed by atoms with Crippen LogP contribution in [-0.4, -0.2) is 4.57 Å². The van der Waals surface area contributed by atoms with E-state index in [-0.39, 0.29) is 5.82 Å². The molecule has 0 unspecified atom stereocenters. The van der Waals surface area contributed by atoms with Crippen LogP contribution in [0.5, 0.6) is 0 Å². The quantitative estimate of drug-likeness (QED) is 0.432. The average Bonchev–Trinajstić information content (AvgIpc) is 3.14. The summed E-state index contributed by atoms with van der Waals surface area (Å²) in [6.07, 6.45) is 3.75. The average molecular weight is 338 g/mol. The van der Waals surface area contributed by atoms with Crippen molar-refractivity contribution in [3.05, 3.63) is 102 Å². The van der Waals surface area contributed by atoms with Gasteiger partial charge < -0.3 is 4.57 Å². The molecule has 0 saturated carbocycles. The molecule has 1 aromatic heterocycles. The van der Waals surface area contributed by atoms with Gasteiger partial charge in [-0.15, -0.1) is 0 Å². The number of allylic oxidation sites excluding steroid dienone is 1. The molecule has 124 valence electrons. The SMILES string of the molecule is N#C/C(=C/c1cccn1-c1ccc(F)cc1)c1ccc2ccccc2c1. The summed E-state index contributed by atoms with van der Waals surface area (Å²) in [6.45, 7) is 0. The van der Waals surface area contributed by atoms with E-state index in [1.807, 2.05) is 65.4 Å². The van der Waals surface area contributed by atoms with Crippen molar-refractivity contribution < 1.29 is 4.39 Å². The molecular formula is C23H15FN2. The minimum Gasteiger partial charge on any atom is -0.317 e. The third-order valence-corrected chi connectivity index (χ3v) is 4.36. The fraction of sp³-hybridized carbons (Fsp3) is 0. The van der Waals surface area contributed by atoms with Gasteiger partial charge in [0.05, 0.1) is 11.6 Å². The van der Waals surface area contributed by atoms with Gasteiger partial charge in [-0.3, -0.25) is 0 Å². The van der Waals surface area contributed by atoms with E-state index in [0.717, 1.165) is 27.7 Å². The Morgan fingerprint density at radius 2 is 1.65 bits per heavy atom. The maximum atomic E-state index is 13.2. The number of halogens is 1. The highest BCUT2D eigenvalue weighted by atomic mass is 19.1. The van der Waals surface area contributed by atoms with Gasteiger partial charge in [-0.2, -0.15) is 5.26 Å². The van der Waals surface area contributed by atoms with Crippen LogP contribution >= 0.6 is 0 Å². The van der Waals surface area contributed by atoms with Crippen molar-refractivity contribution in [1.82, 2.24) is 4.57 Å². The van der Waals surface area contributed by atoms with Crippen molar-refractivity contribution in [1.29, 1.82) is 5.26 Å². The molecule has 3 heteroatoms. The number of aromatic nitrogens is 1. The van der Waals surface area contributed by atoms with Crippen LogP contribution < -0.4 is 0 Å². The lowest BCUT2D eigenvalue weighted by molar-refractivity contribution is 0.627. The first-order valence-corrected chi connectivity index (χ1v) is 8.29. The number of hydrogen-bond donors (Lipinski definition) is 0.